The molecule has 0 unspecified atom stereocenters. The predicted molar refractivity (Wildman–Crippen MR) is 91.4 cm³/mol. The lowest BCUT2D eigenvalue weighted by molar-refractivity contribution is 0.0766. The van der Waals surface area contributed by atoms with Gasteiger partial charge >= 0.3 is 0 Å². The fourth-order valence-corrected chi connectivity index (χ4v) is 4.66. The van der Waals surface area contributed by atoms with E-state index in [9.17, 15) is 13.2 Å². The highest BCUT2D eigenvalue weighted by atomic mass is 32.2. The minimum atomic E-state index is -3.21. The van der Waals surface area contributed by atoms with Crippen molar-refractivity contribution < 1.29 is 27.1 Å². The second-order valence-corrected chi connectivity index (χ2v) is 7.98. The van der Waals surface area contributed by atoms with E-state index < -0.39 is 27.9 Å². The first-order valence-corrected chi connectivity index (χ1v) is 9.52. The summed E-state index contributed by atoms with van der Waals surface area (Å²) < 4.78 is 39.4. The Bertz CT molecular complexity index is 873. The molecule has 1 saturated heterocycles. The topological polar surface area (TPSA) is 94.8 Å². The third-order valence-electron chi connectivity index (χ3n) is 4.10. The Kier molecular flexibility index (Phi) is 4.82. The van der Waals surface area contributed by atoms with Gasteiger partial charge in [-0.1, -0.05) is 12.1 Å². The predicted octanol–water partition coefficient (Wildman–Crippen LogP) is 1.50. The van der Waals surface area contributed by atoms with Crippen LogP contribution in [0.5, 0.6) is 5.75 Å². The van der Waals surface area contributed by atoms with E-state index in [0.717, 1.165) is 5.56 Å². The Morgan fingerprint density at radius 2 is 2.00 bits per heavy atom. The molecule has 1 amide bonds. The van der Waals surface area contributed by atoms with Crippen molar-refractivity contribution in [1.29, 1.82) is 0 Å². The molecule has 1 fully saturated rings. The van der Waals surface area contributed by atoms with Crippen molar-refractivity contribution in [2.45, 2.75) is 12.1 Å². The fourth-order valence-electron chi connectivity index (χ4n) is 2.81. The van der Waals surface area contributed by atoms with Gasteiger partial charge in [0.2, 0.25) is 0 Å². The minimum absolute atomic E-state index is 0.0956. The summed E-state index contributed by atoms with van der Waals surface area (Å²) in [7, 11) is -0.214. The number of hydrogen-bond donors (Lipinski definition) is 1. The number of ether oxygens (including phenoxy) is 2. The summed E-state index contributed by atoms with van der Waals surface area (Å²) in [5.74, 6) is 0.600. The molecule has 1 aliphatic rings. The zero-order valence-corrected chi connectivity index (χ0v) is 14.7. The highest BCUT2D eigenvalue weighted by Crippen LogP contribution is 2.26. The van der Waals surface area contributed by atoms with Crippen molar-refractivity contribution in [2.75, 3.05) is 25.7 Å². The van der Waals surface area contributed by atoms with Gasteiger partial charge in [-0.25, -0.2) is 8.42 Å². The summed E-state index contributed by atoms with van der Waals surface area (Å²) in [6, 6.07) is 9.92. The van der Waals surface area contributed by atoms with Gasteiger partial charge < -0.3 is 19.2 Å². The number of hydrogen-bond acceptors (Lipinski definition) is 6. The molecule has 2 heterocycles. The molecule has 0 spiro atoms. The molecule has 134 valence electrons. The monoisotopic (exact) mass is 365 g/mol. The van der Waals surface area contributed by atoms with Crippen molar-refractivity contribution in [3.05, 3.63) is 42.2 Å². The summed E-state index contributed by atoms with van der Waals surface area (Å²) in [4.78, 5) is 12.4. The molecule has 3 rings (SSSR count). The average molecular weight is 365 g/mol. The van der Waals surface area contributed by atoms with Crippen molar-refractivity contribution in [3.8, 4) is 17.1 Å². The summed E-state index contributed by atoms with van der Waals surface area (Å²) in [5.41, 5.74) is 0.775. The van der Waals surface area contributed by atoms with E-state index in [1.54, 1.807) is 25.3 Å². The minimum Gasteiger partial charge on any atom is -0.497 e. The van der Waals surface area contributed by atoms with E-state index in [-0.39, 0.29) is 17.3 Å². The number of nitrogens with one attached hydrogen (secondary N) is 1. The van der Waals surface area contributed by atoms with Crippen molar-refractivity contribution in [3.63, 3.8) is 0 Å². The van der Waals surface area contributed by atoms with Crippen LogP contribution in [0.2, 0.25) is 0 Å². The van der Waals surface area contributed by atoms with Crippen molar-refractivity contribution in [2.24, 2.45) is 0 Å². The third kappa shape index (κ3) is 3.85. The van der Waals surface area contributed by atoms with Crippen LogP contribution in [0.25, 0.3) is 11.3 Å². The van der Waals surface area contributed by atoms with Gasteiger partial charge in [-0.15, -0.1) is 0 Å². The number of rotatable bonds is 5. The third-order valence-corrected chi connectivity index (χ3v) is 5.81. The summed E-state index contributed by atoms with van der Waals surface area (Å²) in [5, 5.41) is 2.68. The first-order valence-electron chi connectivity index (χ1n) is 7.70. The summed E-state index contributed by atoms with van der Waals surface area (Å²) in [6.07, 6.45) is -0.554. The molecule has 1 N–H and O–H groups in total. The lowest BCUT2D eigenvalue weighted by atomic mass is 10.1. The van der Waals surface area contributed by atoms with Gasteiger partial charge in [0.25, 0.3) is 5.91 Å². The number of furan rings is 1. The lowest BCUT2D eigenvalue weighted by Crippen LogP contribution is -2.43. The number of sulfone groups is 1. The molecule has 25 heavy (non-hydrogen) atoms. The van der Waals surface area contributed by atoms with E-state index in [1.165, 1.54) is 7.11 Å². The normalized spacial score (nSPS) is 21.8. The molecule has 1 aliphatic heterocycles. The van der Waals surface area contributed by atoms with Gasteiger partial charge in [0.05, 0.1) is 30.8 Å². The molecule has 0 saturated carbocycles. The first kappa shape index (κ1) is 17.5. The molecular formula is C17H19NO6S. The molecule has 2 aromatic rings. The van der Waals surface area contributed by atoms with Crippen LogP contribution < -0.4 is 10.1 Å². The average Bonchev–Trinajstić information content (AvgIpc) is 3.19. The van der Waals surface area contributed by atoms with E-state index >= 15 is 0 Å². The first-order chi connectivity index (χ1) is 11.9. The smallest absolute Gasteiger partial charge is 0.287 e. The number of carbonyl (C=O) groups is 1. The number of benzene rings is 1. The largest absolute Gasteiger partial charge is 0.497 e. The zero-order chi connectivity index (χ0) is 18.0. The molecular weight excluding hydrogens is 346 g/mol. The highest BCUT2D eigenvalue weighted by Gasteiger charge is 2.39. The SMILES string of the molecule is COc1cccc(-c2ccc(C(=O)N[C@@H]3CS(=O)(=O)C[C@H]3OC)o2)c1. The molecule has 8 heteroatoms. The fraction of sp³-hybridized carbons (Fsp3) is 0.353. The van der Waals surface area contributed by atoms with Crippen LogP contribution in [-0.4, -0.2) is 52.2 Å². The number of methoxy groups -OCH3 is 2. The lowest BCUT2D eigenvalue weighted by Gasteiger charge is -2.17. The van der Waals surface area contributed by atoms with Gasteiger partial charge in [-0.3, -0.25) is 4.79 Å². The van der Waals surface area contributed by atoms with E-state index in [0.29, 0.717) is 11.5 Å². The molecule has 0 bridgehead atoms. The molecule has 2 atom stereocenters. The quantitative estimate of drug-likeness (QED) is 0.863. The van der Waals surface area contributed by atoms with Crippen LogP contribution in [0, 0.1) is 0 Å². The Labute approximate surface area is 145 Å². The van der Waals surface area contributed by atoms with Crippen LogP contribution in [0.3, 0.4) is 0 Å². The molecule has 7 nitrogen and oxygen atoms in total. The maximum atomic E-state index is 12.4. The van der Waals surface area contributed by atoms with Crippen LogP contribution >= 0.6 is 0 Å². The van der Waals surface area contributed by atoms with E-state index in [1.807, 2.05) is 18.2 Å². The summed E-state index contributed by atoms with van der Waals surface area (Å²) >= 11 is 0. The second kappa shape index (κ2) is 6.89. The highest BCUT2D eigenvalue weighted by molar-refractivity contribution is 7.91. The van der Waals surface area contributed by atoms with Crippen molar-refractivity contribution >= 4 is 15.7 Å². The second-order valence-electron chi connectivity index (χ2n) is 5.83. The van der Waals surface area contributed by atoms with Crippen LogP contribution in [0.4, 0.5) is 0 Å². The zero-order valence-electron chi connectivity index (χ0n) is 13.9. The van der Waals surface area contributed by atoms with Gasteiger partial charge in [0.1, 0.15) is 11.5 Å². The standard InChI is InChI=1S/C17H19NO6S/c1-22-12-5-3-4-11(8-12)14-6-7-15(24-14)17(19)18-13-9-25(20,21)10-16(13)23-2/h3-8,13,16H,9-10H2,1-2H3,(H,18,19)/t13-,16-/m1/s1. The van der Waals surface area contributed by atoms with E-state index in [2.05, 4.69) is 5.32 Å². The van der Waals surface area contributed by atoms with Gasteiger partial charge in [-0.05, 0) is 24.3 Å². The van der Waals surface area contributed by atoms with Gasteiger partial charge in [0.15, 0.2) is 15.6 Å². The van der Waals surface area contributed by atoms with Crippen LogP contribution in [0.1, 0.15) is 10.6 Å². The number of amides is 1. The van der Waals surface area contributed by atoms with Gasteiger partial charge in [-0.2, -0.15) is 0 Å². The molecule has 0 aliphatic carbocycles. The molecule has 1 aromatic carbocycles. The van der Waals surface area contributed by atoms with Crippen LogP contribution in [0.15, 0.2) is 40.8 Å². The Morgan fingerprint density at radius 1 is 1.20 bits per heavy atom. The molecule has 0 radical (unpaired) electrons. The molecule has 1 aromatic heterocycles. The maximum Gasteiger partial charge on any atom is 0.287 e. The Morgan fingerprint density at radius 3 is 2.72 bits per heavy atom. The summed E-state index contributed by atoms with van der Waals surface area (Å²) in [6.45, 7) is 0. The Balaban J connectivity index is 1.74. The van der Waals surface area contributed by atoms with E-state index in [4.69, 9.17) is 13.9 Å². The maximum absolute atomic E-state index is 12.4. The van der Waals surface area contributed by atoms with Gasteiger partial charge in [0, 0.05) is 12.7 Å². The number of carbonyl (C=O) groups excluding carboxylic acids is 1. The van der Waals surface area contributed by atoms with Crippen molar-refractivity contribution in [1.82, 2.24) is 5.32 Å². The van der Waals surface area contributed by atoms with Crippen LogP contribution in [-0.2, 0) is 14.6 Å². The Hall–Kier alpha value is -2.32.